The van der Waals surface area contributed by atoms with Crippen molar-refractivity contribution in [1.82, 2.24) is 10.2 Å². The van der Waals surface area contributed by atoms with E-state index < -0.39 is 0 Å². The first-order valence-corrected chi connectivity index (χ1v) is 10.9. The molecule has 1 aliphatic rings. The van der Waals surface area contributed by atoms with Crippen LogP contribution in [0.3, 0.4) is 0 Å². The number of hydrogen-bond acceptors (Lipinski definition) is 3. The van der Waals surface area contributed by atoms with Crippen molar-refractivity contribution >= 4 is 27.7 Å². The number of carbonyl (C=O) groups excluding carboxylic acids is 2. The van der Waals surface area contributed by atoms with Crippen LogP contribution in [0.5, 0.6) is 5.75 Å². The molecule has 0 unspecified atom stereocenters. The fourth-order valence-corrected chi connectivity index (χ4v) is 3.85. The van der Waals surface area contributed by atoms with Gasteiger partial charge in [0, 0.05) is 35.6 Å². The lowest BCUT2D eigenvalue weighted by Crippen LogP contribution is -2.43. The Morgan fingerprint density at radius 3 is 2.52 bits per heavy atom. The van der Waals surface area contributed by atoms with Gasteiger partial charge in [0.05, 0.1) is 5.56 Å². The van der Waals surface area contributed by atoms with E-state index in [0.717, 1.165) is 16.5 Å². The van der Waals surface area contributed by atoms with Gasteiger partial charge in [0.25, 0.3) is 5.91 Å². The molecule has 2 aromatic carbocycles. The summed E-state index contributed by atoms with van der Waals surface area (Å²) in [6.45, 7) is 4.30. The van der Waals surface area contributed by atoms with E-state index in [2.05, 4.69) is 21.2 Å². The molecule has 2 aromatic rings. The smallest absolute Gasteiger partial charge is 0.257 e. The summed E-state index contributed by atoms with van der Waals surface area (Å²) in [7, 11) is 0. The van der Waals surface area contributed by atoms with E-state index >= 15 is 0 Å². The van der Waals surface area contributed by atoms with Gasteiger partial charge in [-0.3, -0.25) is 9.59 Å². The molecule has 1 N–H and O–H groups in total. The molecule has 1 saturated heterocycles. The molecule has 0 aliphatic carbocycles. The number of halogens is 1. The van der Waals surface area contributed by atoms with Crippen LogP contribution in [0.4, 0.5) is 0 Å². The van der Waals surface area contributed by atoms with Crippen molar-refractivity contribution in [2.24, 2.45) is 5.92 Å². The summed E-state index contributed by atoms with van der Waals surface area (Å²) in [6.07, 6.45) is 2.32. The van der Waals surface area contributed by atoms with Crippen LogP contribution in [-0.2, 0) is 11.4 Å². The summed E-state index contributed by atoms with van der Waals surface area (Å²) >= 11 is 3.52. The van der Waals surface area contributed by atoms with Crippen LogP contribution in [0.25, 0.3) is 0 Å². The van der Waals surface area contributed by atoms with Crippen molar-refractivity contribution in [1.29, 1.82) is 0 Å². The van der Waals surface area contributed by atoms with Gasteiger partial charge in [-0.1, -0.05) is 53.2 Å². The second-order valence-electron chi connectivity index (χ2n) is 7.23. The Labute approximate surface area is 180 Å². The first-order chi connectivity index (χ1) is 14.1. The molecular weight excluding hydrogens is 432 g/mol. The Kier molecular flexibility index (Phi) is 7.69. The highest BCUT2D eigenvalue weighted by molar-refractivity contribution is 9.10. The summed E-state index contributed by atoms with van der Waals surface area (Å²) in [5, 5.41) is 2.96. The molecule has 154 valence electrons. The van der Waals surface area contributed by atoms with Crippen molar-refractivity contribution in [2.75, 3.05) is 19.6 Å². The molecule has 5 nitrogen and oxygen atoms in total. The Morgan fingerprint density at radius 2 is 1.79 bits per heavy atom. The lowest BCUT2D eigenvalue weighted by molar-refractivity contribution is -0.126. The monoisotopic (exact) mass is 458 g/mol. The van der Waals surface area contributed by atoms with Crippen molar-refractivity contribution in [3.05, 3.63) is 64.1 Å². The van der Waals surface area contributed by atoms with Crippen LogP contribution in [0, 0.1) is 5.92 Å². The predicted molar refractivity (Wildman–Crippen MR) is 117 cm³/mol. The molecular formula is C23H27BrN2O3. The average molecular weight is 459 g/mol. The summed E-state index contributed by atoms with van der Waals surface area (Å²) < 4.78 is 6.96. The summed E-state index contributed by atoms with van der Waals surface area (Å²) in [4.78, 5) is 27.1. The normalized spacial score (nSPS) is 14.5. The Hall–Kier alpha value is -2.34. The molecule has 1 fully saturated rings. The third kappa shape index (κ3) is 5.60. The third-order valence-corrected chi connectivity index (χ3v) is 5.93. The number of nitrogens with zero attached hydrogens (tertiary/aromatic N) is 1. The summed E-state index contributed by atoms with van der Waals surface area (Å²) in [6, 6.07) is 15.2. The number of amides is 2. The lowest BCUT2D eigenvalue weighted by Gasteiger charge is -2.31. The molecule has 3 rings (SSSR count). The first kappa shape index (κ1) is 21.4. The molecule has 0 aromatic heterocycles. The van der Waals surface area contributed by atoms with Crippen molar-refractivity contribution in [3.8, 4) is 5.75 Å². The highest BCUT2D eigenvalue weighted by atomic mass is 79.9. The van der Waals surface area contributed by atoms with Crippen molar-refractivity contribution in [2.45, 2.75) is 32.8 Å². The van der Waals surface area contributed by atoms with Gasteiger partial charge in [-0.15, -0.1) is 0 Å². The van der Waals surface area contributed by atoms with E-state index in [4.69, 9.17) is 4.74 Å². The van der Waals surface area contributed by atoms with Crippen LogP contribution in [0.1, 0.15) is 42.1 Å². The summed E-state index contributed by atoms with van der Waals surface area (Å²) in [5.74, 6) is 0.639. The van der Waals surface area contributed by atoms with Gasteiger partial charge >= 0.3 is 0 Å². The Bertz CT molecular complexity index is 848. The number of likely N-dealkylation sites (tertiary alicyclic amines) is 1. The highest BCUT2D eigenvalue weighted by Crippen LogP contribution is 2.25. The highest BCUT2D eigenvalue weighted by Gasteiger charge is 2.28. The molecule has 2 amide bonds. The SMILES string of the molecule is CCCNC(=O)C1CCN(C(=O)c2ccccc2OCc2ccccc2Br)CC1. The number of benzene rings is 2. The van der Waals surface area contributed by atoms with E-state index in [0.29, 0.717) is 50.4 Å². The number of nitrogens with one attached hydrogen (secondary N) is 1. The minimum atomic E-state index is -0.0415. The molecule has 0 radical (unpaired) electrons. The number of carbonyl (C=O) groups is 2. The molecule has 0 spiro atoms. The largest absolute Gasteiger partial charge is 0.488 e. The topological polar surface area (TPSA) is 58.6 Å². The fourth-order valence-electron chi connectivity index (χ4n) is 3.45. The van der Waals surface area contributed by atoms with E-state index in [9.17, 15) is 9.59 Å². The van der Waals surface area contributed by atoms with Crippen LogP contribution >= 0.6 is 15.9 Å². The standard InChI is InChI=1S/C23H27BrN2O3/c1-2-13-25-22(27)17-11-14-26(15-12-17)23(28)19-8-4-6-10-21(19)29-16-18-7-3-5-9-20(18)24/h3-10,17H,2,11-16H2,1H3,(H,25,27). The second kappa shape index (κ2) is 10.4. The molecule has 1 heterocycles. The van der Waals surface area contributed by atoms with Gasteiger partial charge in [0.15, 0.2) is 0 Å². The van der Waals surface area contributed by atoms with Crippen LogP contribution < -0.4 is 10.1 Å². The quantitative estimate of drug-likeness (QED) is 0.668. The zero-order chi connectivity index (χ0) is 20.6. The Balaban J connectivity index is 1.62. The maximum absolute atomic E-state index is 13.1. The minimum absolute atomic E-state index is 0.00692. The van der Waals surface area contributed by atoms with Gasteiger partial charge in [0.2, 0.25) is 5.91 Å². The lowest BCUT2D eigenvalue weighted by atomic mass is 9.95. The Morgan fingerprint density at radius 1 is 1.10 bits per heavy atom. The molecule has 0 saturated carbocycles. The third-order valence-electron chi connectivity index (χ3n) is 5.16. The maximum Gasteiger partial charge on any atom is 0.257 e. The zero-order valence-corrected chi connectivity index (χ0v) is 18.3. The van der Waals surface area contributed by atoms with Gasteiger partial charge in [-0.25, -0.2) is 0 Å². The van der Waals surface area contributed by atoms with Gasteiger partial charge < -0.3 is 15.0 Å². The van der Waals surface area contributed by atoms with Crippen molar-refractivity contribution < 1.29 is 14.3 Å². The van der Waals surface area contributed by atoms with E-state index in [-0.39, 0.29) is 17.7 Å². The zero-order valence-electron chi connectivity index (χ0n) is 16.7. The van der Waals surface area contributed by atoms with Gasteiger partial charge in [0.1, 0.15) is 12.4 Å². The van der Waals surface area contributed by atoms with Crippen LogP contribution in [-0.4, -0.2) is 36.3 Å². The second-order valence-corrected chi connectivity index (χ2v) is 8.09. The van der Waals surface area contributed by atoms with Gasteiger partial charge in [-0.2, -0.15) is 0 Å². The van der Waals surface area contributed by atoms with E-state index in [1.54, 1.807) is 6.07 Å². The number of hydrogen-bond donors (Lipinski definition) is 1. The number of para-hydroxylation sites is 1. The van der Waals surface area contributed by atoms with Crippen molar-refractivity contribution in [3.63, 3.8) is 0 Å². The predicted octanol–water partition coefficient (Wildman–Crippen LogP) is 4.41. The number of ether oxygens (including phenoxy) is 1. The molecule has 6 heteroatoms. The van der Waals surface area contributed by atoms with Gasteiger partial charge in [-0.05, 0) is 37.5 Å². The molecule has 0 bridgehead atoms. The molecule has 29 heavy (non-hydrogen) atoms. The number of rotatable bonds is 7. The molecule has 1 aliphatic heterocycles. The van der Waals surface area contributed by atoms with Crippen LogP contribution in [0.2, 0.25) is 0 Å². The maximum atomic E-state index is 13.1. The van der Waals surface area contributed by atoms with E-state index in [1.807, 2.05) is 54.3 Å². The fraction of sp³-hybridized carbons (Fsp3) is 0.391. The van der Waals surface area contributed by atoms with Crippen LogP contribution in [0.15, 0.2) is 53.0 Å². The molecule has 0 atom stereocenters. The first-order valence-electron chi connectivity index (χ1n) is 10.1. The minimum Gasteiger partial charge on any atom is -0.488 e. The number of piperidine rings is 1. The average Bonchev–Trinajstić information content (AvgIpc) is 2.77. The summed E-state index contributed by atoms with van der Waals surface area (Å²) in [5.41, 5.74) is 1.59. The van der Waals surface area contributed by atoms with E-state index in [1.165, 1.54) is 0 Å².